The fourth-order valence-electron chi connectivity index (χ4n) is 1.69. The van der Waals surface area contributed by atoms with Crippen LogP contribution in [0, 0.1) is 13.8 Å². The highest BCUT2D eigenvalue weighted by molar-refractivity contribution is 7.99. The molecule has 2 aromatic heterocycles. The standard InChI is InChI=1S/C13H14N6O4S/c1-6-3-7(2)16-13(15-6)24-5-9(20)19-14-4-8-10(21)17-12(23)18-11(8)22/h3-4H,5H2,1-2H3,(H,19,20)(H3,17,18,21,22,23)/b14-4+. The number of amides is 1. The largest absolute Gasteiger partial charge is 0.494 e. The van der Waals surface area contributed by atoms with E-state index in [1.807, 2.05) is 29.9 Å². The van der Waals surface area contributed by atoms with Gasteiger partial charge in [-0.15, -0.1) is 0 Å². The van der Waals surface area contributed by atoms with Crippen LogP contribution in [0.1, 0.15) is 17.0 Å². The molecular weight excluding hydrogens is 336 g/mol. The van der Waals surface area contributed by atoms with Crippen molar-refractivity contribution in [1.29, 1.82) is 0 Å². The first kappa shape index (κ1) is 17.4. The van der Waals surface area contributed by atoms with Gasteiger partial charge in [-0.2, -0.15) is 5.10 Å². The minimum atomic E-state index is -0.844. The normalized spacial score (nSPS) is 10.9. The molecule has 0 saturated heterocycles. The van der Waals surface area contributed by atoms with Gasteiger partial charge in [0, 0.05) is 11.4 Å². The molecule has 24 heavy (non-hydrogen) atoms. The zero-order valence-electron chi connectivity index (χ0n) is 12.8. The topological polar surface area (TPSA) is 153 Å². The molecule has 2 aromatic rings. The molecule has 0 aliphatic heterocycles. The Labute approximate surface area is 139 Å². The fourth-order valence-corrected chi connectivity index (χ4v) is 2.44. The third-order valence-electron chi connectivity index (χ3n) is 2.64. The first-order valence-electron chi connectivity index (χ1n) is 6.67. The lowest BCUT2D eigenvalue weighted by molar-refractivity contribution is -0.118. The van der Waals surface area contributed by atoms with Crippen molar-refractivity contribution >= 4 is 23.9 Å². The number of nitrogens with zero attached hydrogens (tertiary/aromatic N) is 3. The van der Waals surface area contributed by atoms with Crippen LogP contribution >= 0.6 is 11.8 Å². The molecule has 2 heterocycles. The number of nitrogens with one attached hydrogen (secondary N) is 3. The summed E-state index contributed by atoms with van der Waals surface area (Å²) in [7, 11) is 0. The molecule has 1 amide bonds. The second-order valence-electron chi connectivity index (χ2n) is 4.69. The van der Waals surface area contributed by atoms with Crippen LogP contribution in [-0.4, -0.2) is 42.9 Å². The average molecular weight is 350 g/mol. The van der Waals surface area contributed by atoms with Gasteiger partial charge in [0.1, 0.15) is 5.56 Å². The SMILES string of the molecule is Cc1cc(C)nc(SCC(=O)N/N=C/c2c(O)[nH]c(=O)[nH]c2=O)n1. The number of hydrazone groups is 1. The first-order valence-corrected chi connectivity index (χ1v) is 7.66. The number of aryl methyl sites for hydroxylation is 2. The lowest BCUT2D eigenvalue weighted by Crippen LogP contribution is -2.26. The van der Waals surface area contributed by atoms with Crippen LogP contribution in [-0.2, 0) is 4.79 Å². The van der Waals surface area contributed by atoms with E-state index < -0.39 is 23.0 Å². The van der Waals surface area contributed by atoms with Crippen LogP contribution in [0.5, 0.6) is 5.88 Å². The lowest BCUT2D eigenvalue weighted by atomic mass is 10.3. The Morgan fingerprint density at radius 2 is 2.00 bits per heavy atom. The number of thioether (sulfide) groups is 1. The molecule has 10 nitrogen and oxygen atoms in total. The predicted octanol–water partition coefficient (Wildman–Crippen LogP) is -0.582. The van der Waals surface area contributed by atoms with Crippen LogP contribution in [0.25, 0.3) is 0 Å². The Bertz CT molecular complexity index is 884. The number of aromatic nitrogens is 4. The van der Waals surface area contributed by atoms with Crippen LogP contribution in [0.4, 0.5) is 0 Å². The van der Waals surface area contributed by atoms with E-state index in [2.05, 4.69) is 20.5 Å². The van der Waals surface area contributed by atoms with Crippen molar-refractivity contribution in [2.75, 3.05) is 5.75 Å². The minimum absolute atomic E-state index is 0.0220. The predicted molar refractivity (Wildman–Crippen MR) is 87.3 cm³/mol. The molecule has 11 heteroatoms. The summed E-state index contributed by atoms with van der Waals surface area (Å²) in [5, 5.41) is 13.5. The van der Waals surface area contributed by atoms with E-state index in [9.17, 15) is 19.5 Å². The Morgan fingerprint density at radius 1 is 1.33 bits per heavy atom. The number of H-pyrrole nitrogens is 2. The average Bonchev–Trinajstić information content (AvgIpc) is 2.47. The monoisotopic (exact) mass is 350 g/mol. The second kappa shape index (κ2) is 7.55. The van der Waals surface area contributed by atoms with Gasteiger partial charge in [0.15, 0.2) is 5.16 Å². The van der Waals surface area contributed by atoms with E-state index in [1.165, 1.54) is 0 Å². The maximum Gasteiger partial charge on any atom is 0.328 e. The Kier molecular flexibility index (Phi) is 5.47. The molecule has 0 radical (unpaired) electrons. The molecule has 4 N–H and O–H groups in total. The first-order chi connectivity index (χ1) is 11.3. The van der Waals surface area contributed by atoms with Crippen molar-refractivity contribution in [3.63, 3.8) is 0 Å². The number of rotatable bonds is 5. The zero-order chi connectivity index (χ0) is 17.7. The smallest absolute Gasteiger partial charge is 0.328 e. The van der Waals surface area contributed by atoms with Gasteiger partial charge in [-0.1, -0.05) is 11.8 Å². The fraction of sp³-hybridized carbons (Fsp3) is 0.231. The summed E-state index contributed by atoms with van der Waals surface area (Å²) in [4.78, 5) is 46.3. The van der Waals surface area contributed by atoms with Crippen LogP contribution in [0.3, 0.4) is 0 Å². The summed E-state index contributed by atoms with van der Waals surface area (Å²) in [6.07, 6.45) is 0.931. The second-order valence-corrected chi connectivity index (χ2v) is 5.63. The van der Waals surface area contributed by atoms with E-state index >= 15 is 0 Å². The van der Waals surface area contributed by atoms with Gasteiger partial charge < -0.3 is 5.11 Å². The summed E-state index contributed by atoms with van der Waals surface area (Å²) in [5.74, 6) is -1.06. The molecule has 0 aliphatic rings. The van der Waals surface area contributed by atoms with Crippen molar-refractivity contribution in [3.05, 3.63) is 43.9 Å². The van der Waals surface area contributed by atoms with E-state index in [0.717, 1.165) is 29.4 Å². The Hall–Kier alpha value is -2.95. The third-order valence-corrected chi connectivity index (χ3v) is 3.48. The van der Waals surface area contributed by atoms with Crippen LogP contribution in [0.2, 0.25) is 0 Å². The van der Waals surface area contributed by atoms with Crippen molar-refractivity contribution in [2.24, 2.45) is 5.10 Å². The molecule has 2 rings (SSSR count). The number of aromatic amines is 2. The summed E-state index contributed by atoms with van der Waals surface area (Å²) < 4.78 is 0. The highest BCUT2D eigenvalue weighted by Gasteiger charge is 2.07. The zero-order valence-corrected chi connectivity index (χ0v) is 13.6. The minimum Gasteiger partial charge on any atom is -0.494 e. The summed E-state index contributed by atoms with van der Waals surface area (Å²) in [5.41, 5.74) is 1.85. The van der Waals surface area contributed by atoms with Crippen molar-refractivity contribution in [3.8, 4) is 5.88 Å². The maximum atomic E-state index is 11.7. The summed E-state index contributed by atoms with van der Waals surface area (Å²) >= 11 is 1.14. The number of hydrogen-bond acceptors (Lipinski definition) is 8. The molecule has 0 bridgehead atoms. The molecule has 126 valence electrons. The van der Waals surface area contributed by atoms with Crippen LogP contribution < -0.4 is 16.7 Å². The quantitative estimate of drug-likeness (QED) is 0.243. The van der Waals surface area contributed by atoms with E-state index in [-0.39, 0.29) is 11.3 Å². The van der Waals surface area contributed by atoms with E-state index in [4.69, 9.17) is 0 Å². The van der Waals surface area contributed by atoms with Crippen molar-refractivity contribution in [2.45, 2.75) is 19.0 Å². The molecule has 0 aliphatic carbocycles. The van der Waals surface area contributed by atoms with Gasteiger partial charge in [0.25, 0.3) is 11.5 Å². The van der Waals surface area contributed by atoms with Crippen LogP contribution in [0.15, 0.2) is 25.9 Å². The molecule has 0 aromatic carbocycles. The van der Waals surface area contributed by atoms with E-state index in [0.29, 0.717) is 5.16 Å². The molecular formula is C13H14N6O4S. The van der Waals surface area contributed by atoms with Gasteiger partial charge in [-0.05, 0) is 19.9 Å². The molecule has 0 spiro atoms. The molecule has 0 atom stereocenters. The molecule has 0 unspecified atom stereocenters. The number of carbonyl (C=O) groups is 1. The number of hydrogen-bond donors (Lipinski definition) is 4. The van der Waals surface area contributed by atoms with Crippen molar-refractivity contribution < 1.29 is 9.90 Å². The van der Waals surface area contributed by atoms with Gasteiger partial charge in [0.05, 0.1) is 12.0 Å². The highest BCUT2D eigenvalue weighted by Crippen LogP contribution is 2.13. The van der Waals surface area contributed by atoms with Crippen molar-refractivity contribution in [1.82, 2.24) is 25.4 Å². The Balaban J connectivity index is 1.94. The van der Waals surface area contributed by atoms with E-state index in [1.54, 1.807) is 0 Å². The van der Waals surface area contributed by atoms with Gasteiger partial charge >= 0.3 is 5.69 Å². The summed E-state index contributed by atoms with van der Waals surface area (Å²) in [6, 6.07) is 1.82. The third kappa shape index (κ3) is 4.78. The lowest BCUT2D eigenvalue weighted by Gasteiger charge is -2.02. The maximum absolute atomic E-state index is 11.7. The summed E-state index contributed by atoms with van der Waals surface area (Å²) in [6.45, 7) is 3.66. The highest BCUT2D eigenvalue weighted by atomic mass is 32.2. The van der Waals surface area contributed by atoms with Gasteiger partial charge in [-0.25, -0.2) is 20.2 Å². The molecule has 0 saturated carbocycles. The number of carbonyl (C=O) groups excluding carboxylic acids is 1. The van der Waals surface area contributed by atoms with Gasteiger partial charge in [-0.3, -0.25) is 19.6 Å². The number of aromatic hydroxyl groups is 1. The molecule has 0 fully saturated rings. The van der Waals surface area contributed by atoms with Gasteiger partial charge in [0.2, 0.25) is 5.88 Å². The Morgan fingerprint density at radius 3 is 2.62 bits per heavy atom.